The molecule has 3 atom stereocenters. The molecule has 0 spiro atoms. The van der Waals surface area contributed by atoms with E-state index < -0.39 is 5.60 Å². The minimum absolute atomic E-state index is 0.159. The van der Waals surface area contributed by atoms with E-state index in [9.17, 15) is 5.11 Å². The van der Waals surface area contributed by atoms with E-state index in [0.717, 1.165) is 25.0 Å². The molecule has 0 saturated heterocycles. The van der Waals surface area contributed by atoms with Crippen LogP contribution in [0.15, 0.2) is 22.8 Å². The lowest BCUT2D eigenvalue weighted by atomic mass is 9.79. The summed E-state index contributed by atoms with van der Waals surface area (Å²) in [5.41, 5.74) is -0.529. The fourth-order valence-electron chi connectivity index (χ4n) is 2.77. The normalized spacial score (nSPS) is 31.4. The van der Waals surface area contributed by atoms with Gasteiger partial charge in [0.05, 0.1) is 17.9 Å². The van der Waals surface area contributed by atoms with Crippen LogP contribution in [0.25, 0.3) is 0 Å². The van der Waals surface area contributed by atoms with Gasteiger partial charge in [-0.15, -0.1) is 0 Å². The second-order valence-electron chi connectivity index (χ2n) is 5.54. The maximum absolute atomic E-state index is 10.5. The van der Waals surface area contributed by atoms with Crippen LogP contribution in [0.2, 0.25) is 0 Å². The Morgan fingerprint density at radius 3 is 3.12 bits per heavy atom. The van der Waals surface area contributed by atoms with Crippen molar-refractivity contribution >= 4 is 0 Å². The van der Waals surface area contributed by atoms with Crippen molar-refractivity contribution in [1.82, 2.24) is 5.32 Å². The van der Waals surface area contributed by atoms with Crippen molar-refractivity contribution in [2.24, 2.45) is 5.92 Å². The highest BCUT2D eigenvalue weighted by atomic mass is 16.3. The Bertz CT molecular complexity index is 336. The summed E-state index contributed by atoms with van der Waals surface area (Å²) < 4.78 is 5.35. The van der Waals surface area contributed by atoms with Gasteiger partial charge in [0.2, 0.25) is 0 Å². The SMILES string of the molecule is CC1CCCC(O)(CNC(C)c2ccco2)C1. The van der Waals surface area contributed by atoms with Gasteiger partial charge in [-0.05, 0) is 37.8 Å². The van der Waals surface area contributed by atoms with Crippen LogP contribution in [0.1, 0.15) is 51.3 Å². The standard InChI is InChI=1S/C14H23NO2/c1-11-5-3-7-14(16,9-11)10-15-12(2)13-6-4-8-17-13/h4,6,8,11-12,15-16H,3,5,7,9-10H2,1-2H3. The smallest absolute Gasteiger partial charge is 0.120 e. The van der Waals surface area contributed by atoms with Gasteiger partial charge in [0.15, 0.2) is 0 Å². The Kier molecular flexibility index (Phi) is 3.89. The maximum atomic E-state index is 10.5. The van der Waals surface area contributed by atoms with Gasteiger partial charge in [0, 0.05) is 6.54 Å². The molecule has 2 rings (SSSR count). The molecule has 3 nitrogen and oxygen atoms in total. The number of furan rings is 1. The Labute approximate surface area is 103 Å². The molecular weight excluding hydrogens is 214 g/mol. The molecule has 1 aromatic rings. The van der Waals surface area contributed by atoms with Gasteiger partial charge in [0.25, 0.3) is 0 Å². The fraction of sp³-hybridized carbons (Fsp3) is 0.714. The topological polar surface area (TPSA) is 45.4 Å². The number of rotatable bonds is 4. The summed E-state index contributed by atoms with van der Waals surface area (Å²) in [4.78, 5) is 0. The Morgan fingerprint density at radius 1 is 1.65 bits per heavy atom. The molecule has 0 radical (unpaired) electrons. The molecule has 0 amide bonds. The van der Waals surface area contributed by atoms with Crippen molar-refractivity contribution in [1.29, 1.82) is 0 Å². The molecule has 0 aromatic carbocycles. The number of nitrogens with one attached hydrogen (secondary N) is 1. The fourth-order valence-corrected chi connectivity index (χ4v) is 2.77. The molecule has 1 aromatic heterocycles. The van der Waals surface area contributed by atoms with E-state index in [-0.39, 0.29) is 6.04 Å². The van der Waals surface area contributed by atoms with E-state index in [1.165, 1.54) is 6.42 Å². The monoisotopic (exact) mass is 237 g/mol. The van der Waals surface area contributed by atoms with Crippen molar-refractivity contribution in [2.45, 2.75) is 51.2 Å². The summed E-state index contributed by atoms with van der Waals surface area (Å²) in [7, 11) is 0. The van der Waals surface area contributed by atoms with Crippen LogP contribution in [-0.2, 0) is 0 Å². The number of hydrogen-bond donors (Lipinski definition) is 2. The summed E-state index contributed by atoms with van der Waals surface area (Å²) in [6.45, 7) is 4.94. The third-order valence-electron chi connectivity index (χ3n) is 3.77. The molecule has 1 heterocycles. The first-order valence-electron chi connectivity index (χ1n) is 6.58. The summed E-state index contributed by atoms with van der Waals surface area (Å²) >= 11 is 0. The van der Waals surface area contributed by atoms with Crippen LogP contribution >= 0.6 is 0 Å². The average molecular weight is 237 g/mol. The largest absolute Gasteiger partial charge is 0.468 e. The quantitative estimate of drug-likeness (QED) is 0.846. The highest BCUT2D eigenvalue weighted by molar-refractivity contribution is 5.03. The lowest BCUT2D eigenvalue weighted by Crippen LogP contribution is -2.44. The van der Waals surface area contributed by atoms with Crippen LogP contribution in [0, 0.1) is 5.92 Å². The molecule has 17 heavy (non-hydrogen) atoms. The summed E-state index contributed by atoms with van der Waals surface area (Å²) in [6.07, 6.45) is 5.88. The molecule has 96 valence electrons. The molecule has 1 aliphatic rings. The Balaban J connectivity index is 1.84. The second-order valence-corrected chi connectivity index (χ2v) is 5.54. The zero-order chi connectivity index (χ0) is 12.3. The van der Waals surface area contributed by atoms with Gasteiger partial charge in [-0.2, -0.15) is 0 Å². The summed E-state index contributed by atoms with van der Waals surface area (Å²) in [6, 6.07) is 4.02. The van der Waals surface area contributed by atoms with Crippen molar-refractivity contribution in [3.63, 3.8) is 0 Å². The van der Waals surface area contributed by atoms with Gasteiger partial charge < -0.3 is 14.8 Å². The van der Waals surface area contributed by atoms with Crippen LogP contribution < -0.4 is 5.32 Å². The van der Waals surface area contributed by atoms with Crippen molar-refractivity contribution in [3.05, 3.63) is 24.2 Å². The molecule has 1 aliphatic carbocycles. The van der Waals surface area contributed by atoms with E-state index in [1.54, 1.807) is 6.26 Å². The van der Waals surface area contributed by atoms with E-state index in [4.69, 9.17) is 4.42 Å². The minimum Gasteiger partial charge on any atom is -0.468 e. The number of hydrogen-bond acceptors (Lipinski definition) is 3. The van der Waals surface area contributed by atoms with E-state index in [1.807, 2.05) is 12.1 Å². The average Bonchev–Trinajstić information content (AvgIpc) is 2.79. The molecule has 0 bridgehead atoms. The molecule has 1 fully saturated rings. The van der Waals surface area contributed by atoms with Gasteiger partial charge in [0.1, 0.15) is 5.76 Å². The molecule has 0 aliphatic heterocycles. The Hall–Kier alpha value is -0.800. The van der Waals surface area contributed by atoms with Gasteiger partial charge in [-0.25, -0.2) is 0 Å². The second kappa shape index (κ2) is 5.23. The zero-order valence-electron chi connectivity index (χ0n) is 10.8. The van der Waals surface area contributed by atoms with Gasteiger partial charge in [-0.1, -0.05) is 19.8 Å². The highest BCUT2D eigenvalue weighted by Crippen LogP contribution is 2.32. The summed E-state index contributed by atoms with van der Waals surface area (Å²) in [5.74, 6) is 1.56. The maximum Gasteiger partial charge on any atom is 0.120 e. The molecular formula is C14H23NO2. The van der Waals surface area contributed by atoms with Crippen LogP contribution in [0.3, 0.4) is 0 Å². The molecule has 3 heteroatoms. The lowest BCUT2D eigenvalue weighted by Gasteiger charge is -2.36. The van der Waals surface area contributed by atoms with Gasteiger partial charge >= 0.3 is 0 Å². The highest BCUT2D eigenvalue weighted by Gasteiger charge is 2.32. The van der Waals surface area contributed by atoms with Crippen LogP contribution in [-0.4, -0.2) is 17.3 Å². The van der Waals surface area contributed by atoms with Crippen molar-refractivity contribution < 1.29 is 9.52 Å². The van der Waals surface area contributed by atoms with Crippen LogP contribution in [0.4, 0.5) is 0 Å². The third kappa shape index (κ3) is 3.33. The predicted octanol–water partition coefficient (Wildman–Crippen LogP) is 2.87. The van der Waals surface area contributed by atoms with E-state index in [0.29, 0.717) is 12.5 Å². The van der Waals surface area contributed by atoms with E-state index in [2.05, 4.69) is 19.2 Å². The Morgan fingerprint density at radius 2 is 2.47 bits per heavy atom. The predicted molar refractivity (Wildman–Crippen MR) is 67.7 cm³/mol. The first-order chi connectivity index (χ1) is 8.09. The minimum atomic E-state index is -0.529. The van der Waals surface area contributed by atoms with Crippen molar-refractivity contribution in [3.8, 4) is 0 Å². The van der Waals surface area contributed by atoms with E-state index >= 15 is 0 Å². The molecule has 1 saturated carbocycles. The molecule has 2 N–H and O–H groups in total. The molecule has 3 unspecified atom stereocenters. The number of aliphatic hydroxyl groups is 1. The van der Waals surface area contributed by atoms with Crippen molar-refractivity contribution in [2.75, 3.05) is 6.54 Å². The lowest BCUT2D eigenvalue weighted by molar-refractivity contribution is -0.0138. The van der Waals surface area contributed by atoms with Gasteiger partial charge in [-0.3, -0.25) is 0 Å². The summed E-state index contributed by atoms with van der Waals surface area (Å²) in [5, 5.41) is 13.9. The zero-order valence-corrected chi connectivity index (χ0v) is 10.8. The first-order valence-corrected chi connectivity index (χ1v) is 6.58. The first kappa shape index (κ1) is 12.7. The van der Waals surface area contributed by atoms with Crippen LogP contribution in [0.5, 0.6) is 0 Å². The third-order valence-corrected chi connectivity index (χ3v) is 3.77.